The van der Waals surface area contributed by atoms with Gasteiger partial charge in [-0.25, -0.2) is 0 Å². The van der Waals surface area contributed by atoms with Gasteiger partial charge in [-0.05, 0) is 43.7 Å². The lowest BCUT2D eigenvalue weighted by atomic mass is 9.86. The molecule has 100 valence electrons. The van der Waals surface area contributed by atoms with E-state index in [2.05, 4.69) is 19.1 Å². The predicted octanol–water partition coefficient (Wildman–Crippen LogP) is 2.70. The molecule has 0 aromatic heterocycles. The monoisotopic (exact) mass is 249 g/mol. The van der Waals surface area contributed by atoms with Crippen molar-refractivity contribution in [3.63, 3.8) is 0 Å². The summed E-state index contributed by atoms with van der Waals surface area (Å²) in [5.74, 6) is 1.55. The number of ether oxygens (including phenoxy) is 2. The Balaban J connectivity index is 1.98. The molecule has 0 saturated heterocycles. The lowest BCUT2D eigenvalue weighted by Gasteiger charge is -2.28. The fourth-order valence-electron chi connectivity index (χ4n) is 2.64. The number of nitrogens with two attached hydrogens (primary N) is 1. The molecule has 0 amide bonds. The quantitative estimate of drug-likeness (QED) is 0.872. The maximum Gasteiger partial charge on any atom is 0.122 e. The highest BCUT2D eigenvalue weighted by Gasteiger charge is 2.23. The number of fused-ring (bicyclic) bond motifs is 1. The molecular formula is C15H23NO2. The van der Waals surface area contributed by atoms with Gasteiger partial charge in [0.2, 0.25) is 0 Å². The number of methoxy groups -OCH3 is 1. The molecule has 18 heavy (non-hydrogen) atoms. The summed E-state index contributed by atoms with van der Waals surface area (Å²) < 4.78 is 10.9. The van der Waals surface area contributed by atoms with Crippen molar-refractivity contribution in [2.45, 2.75) is 44.2 Å². The summed E-state index contributed by atoms with van der Waals surface area (Å²) >= 11 is 0. The molecular weight excluding hydrogens is 226 g/mol. The van der Waals surface area contributed by atoms with Gasteiger partial charge < -0.3 is 15.2 Å². The minimum atomic E-state index is 0.191. The Morgan fingerprint density at radius 1 is 1.44 bits per heavy atom. The van der Waals surface area contributed by atoms with Gasteiger partial charge in [0.1, 0.15) is 5.75 Å². The van der Waals surface area contributed by atoms with E-state index in [1.807, 2.05) is 12.1 Å². The van der Waals surface area contributed by atoms with Gasteiger partial charge in [-0.2, -0.15) is 0 Å². The molecule has 3 unspecified atom stereocenters. The van der Waals surface area contributed by atoms with Gasteiger partial charge in [-0.1, -0.05) is 18.2 Å². The lowest BCUT2D eigenvalue weighted by Crippen LogP contribution is -2.29. The van der Waals surface area contributed by atoms with Crippen LogP contribution in [0, 0.1) is 0 Å². The van der Waals surface area contributed by atoms with Crippen molar-refractivity contribution in [1.82, 2.24) is 0 Å². The van der Waals surface area contributed by atoms with Crippen LogP contribution in [0.5, 0.6) is 5.75 Å². The molecule has 3 heteroatoms. The first-order valence-corrected chi connectivity index (χ1v) is 6.70. The minimum Gasteiger partial charge on any atom is -0.493 e. The molecule has 2 N–H and O–H groups in total. The third-order valence-electron chi connectivity index (χ3n) is 3.71. The van der Waals surface area contributed by atoms with Crippen LogP contribution in [-0.2, 0) is 4.74 Å². The Morgan fingerprint density at radius 2 is 2.22 bits per heavy atom. The first-order valence-electron chi connectivity index (χ1n) is 6.70. The van der Waals surface area contributed by atoms with E-state index >= 15 is 0 Å². The van der Waals surface area contributed by atoms with Gasteiger partial charge in [0.05, 0.1) is 12.7 Å². The zero-order chi connectivity index (χ0) is 13.0. The van der Waals surface area contributed by atoms with Crippen LogP contribution in [0.3, 0.4) is 0 Å². The third-order valence-corrected chi connectivity index (χ3v) is 3.71. The van der Waals surface area contributed by atoms with Crippen molar-refractivity contribution < 1.29 is 9.47 Å². The van der Waals surface area contributed by atoms with Gasteiger partial charge in [0, 0.05) is 13.2 Å². The van der Waals surface area contributed by atoms with Crippen LogP contribution in [-0.4, -0.2) is 25.9 Å². The highest BCUT2D eigenvalue weighted by Crippen LogP contribution is 2.36. The predicted molar refractivity (Wildman–Crippen MR) is 73.0 cm³/mol. The normalized spacial score (nSPS) is 21.8. The number of para-hydroxylation sites is 1. The van der Waals surface area contributed by atoms with Crippen molar-refractivity contribution in [3.8, 4) is 5.75 Å². The van der Waals surface area contributed by atoms with Crippen LogP contribution < -0.4 is 10.5 Å². The van der Waals surface area contributed by atoms with Crippen LogP contribution in [0.15, 0.2) is 24.3 Å². The molecule has 3 nitrogen and oxygen atoms in total. The average molecular weight is 249 g/mol. The number of rotatable bonds is 5. The molecule has 1 aromatic rings. The Labute approximate surface area is 109 Å². The summed E-state index contributed by atoms with van der Waals surface area (Å²) in [4.78, 5) is 0. The SMILES string of the molecule is COC(C)CC(N)CC1CCOc2ccccc21. The lowest BCUT2D eigenvalue weighted by molar-refractivity contribution is 0.102. The van der Waals surface area contributed by atoms with E-state index in [0.717, 1.165) is 31.6 Å². The minimum absolute atomic E-state index is 0.191. The summed E-state index contributed by atoms with van der Waals surface area (Å²) in [5, 5.41) is 0. The molecule has 0 spiro atoms. The zero-order valence-corrected chi connectivity index (χ0v) is 11.3. The Kier molecular flexibility index (Phi) is 4.61. The molecule has 1 heterocycles. The fraction of sp³-hybridized carbons (Fsp3) is 0.600. The summed E-state index contributed by atoms with van der Waals surface area (Å²) in [6, 6.07) is 8.49. The molecule has 0 bridgehead atoms. The van der Waals surface area contributed by atoms with E-state index in [-0.39, 0.29) is 12.1 Å². The van der Waals surface area contributed by atoms with E-state index in [4.69, 9.17) is 15.2 Å². The van der Waals surface area contributed by atoms with Crippen molar-refractivity contribution in [2.75, 3.05) is 13.7 Å². The Hall–Kier alpha value is -1.06. The van der Waals surface area contributed by atoms with Crippen molar-refractivity contribution in [2.24, 2.45) is 5.73 Å². The maximum absolute atomic E-state index is 6.22. The average Bonchev–Trinajstić information content (AvgIpc) is 2.39. The zero-order valence-electron chi connectivity index (χ0n) is 11.3. The third kappa shape index (κ3) is 3.24. The van der Waals surface area contributed by atoms with Crippen LogP contribution >= 0.6 is 0 Å². The smallest absolute Gasteiger partial charge is 0.122 e. The second kappa shape index (κ2) is 6.21. The largest absolute Gasteiger partial charge is 0.493 e. The van der Waals surface area contributed by atoms with Crippen LogP contribution in [0.2, 0.25) is 0 Å². The summed E-state index contributed by atoms with van der Waals surface area (Å²) in [6.07, 6.45) is 3.21. The highest BCUT2D eigenvalue weighted by molar-refractivity contribution is 5.37. The van der Waals surface area contributed by atoms with Gasteiger partial charge in [0.15, 0.2) is 0 Å². The maximum atomic E-state index is 6.22. The van der Waals surface area contributed by atoms with Gasteiger partial charge in [-0.3, -0.25) is 0 Å². The molecule has 0 aliphatic carbocycles. The van der Waals surface area contributed by atoms with Crippen LogP contribution in [0.1, 0.15) is 37.7 Å². The topological polar surface area (TPSA) is 44.5 Å². The Morgan fingerprint density at radius 3 is 3.00 bits per heavy atom. The van der Waals surface area contributed by atoms with Gasteiger partial charge >= 0.3 is 0 Å². The van der Waals surface area contributed by atoms with Crippen molar-refractivity contribution in [3.05, 3.63) is 29.8 Å². The Bertz CT molecular complexity index is 381. The molecule has 0 fully saturated rings. The molecule has 1 aliphatic rings. The van der Waals surface area contributed by atoms with E-state index in [1.54, 1.807) is 7.11 Å². The summed E-state index contributed by atoms with van der Waals surface area (Å²) in [7, 11) is 1.74. The van der Waals surface area contributed by atoms with E-state index in [0.29, 0.717) is 5.92 Å². The fourth-order valence-corrected chi connectivity index (χ4v) is 2.64. The number of hydrogen-bond donors (Lipinski definition) is 1. The van der Waals surface area contributed by atoms with E-state index in [1.165, 1.54) is 5.56 Å². The second-order valence-electron chi connectivity index (χ2n) is 5.15. The standard InChI is InChI=1S/C15H23NO2/c1-11(17-2)9-13(16)10-12-7-8-18-15-6-4-3-5-14(12)15/h3-6,11-13H,7-10,16H2,1-2H3. The second-order valence-corrected chi connectivity index (χ2v) is 5.15. The first kappa shape index (κ1) is 13.4. The molecule has 3 atom stereocenters. The molecule has 0 radical (unpaired) electrons. The molecule has 1 aliphatic heterocycles. The first-order chi connectivity index (χ1) is 8.70. The highest BCUT2D eigenvalue weighted by atomic mass is 16.5. The molecule has 2 rings (SSSR count). The van der Waals surface area contributed by atoms with Crippen molar-refractivity contribution >= 4 is 0 Å². The summed E-state index contributed by atoms with van der Waals surface area (Å²) in [5.41, 5.74) is 7.53. The van der Waals surface area contributed by atoms with Crippen molar-refractivity contribution in [1.29, 1.82) is 0 Å². The molecule has 0 saturated carbocycles. The summed E-state index contributed by atoms with van der Waals surface area (Å²) in [6.45, 7) is 2.87. The van der Waals surface area contributed by atoms with Crippen LogP contribution in [0.4, 0.5) is 0 Å². The van der Waals surface area contributed by atoms with Gasteiger partial charge in [-0.15, -0.1) is 0 Å². The number of benzene rings is 1. The van der Waals surface area contributed by atoms with E-state index in [9.17, 15) is 0 Å². The van der Waals surface area contributed by atoms with Gasteiger partial charge in [0.25, 0.3) is 0 Å². The van der Waals surface area contributed by atoms with E-state index < -0.39 is 0 Å². The number of hydrogen-bond acceptors (Lipinski definition) is 3. The van der Waals surface area contributed by atoms with Crippen LogP contribution in [0.25, 0.3) is 0 Å². The molecule has 1 aromatic carbocycles.